The van der Waals surface area contributed by atoms with Crippen LogP contribution < -0.4 is 10.2 Å². The topological polar surface area (TPSA) is 15.3 Å². The Labute approximate surface area is 123 Å². The first-order valence-electron chi connectivity index (χ1n) is 6.11. The van der Waals surface area contributed by atoms with Gasteiger partial charge in [-0.25, -0.2) is 0 Å². The number of hydrogen-bond acceptors (Lipinski definition) is 2. The van der Waals surface area contributed by atoms with Crippen molar-refractivity contribution in [1.82, 2.24) is 0 Å². The minimum Gasteiger partial charge on any atom is -0.383 e. The van der Waals surface area contributed by atoms with Gasteiger partial charge in [0.15, 0.2) is 0 Å². The van der Waals surface area contributed by atoms with Gasteiger partial charge in [-0.2, -0.15) is 0 Å². The highest BCUT2D eigenvalue weighted by atomic mass is 35.5. The zero-order valence-corrected chi connectivity index (χ0v) is 12.2. The molecule has 0 unspecified atom stereocenters. The Bertz CT molecular complexity index is 509. The first-order valence-corrected chi connectivity index (χ1v) is 6.87. The minimum absolute atomic E-state index is 0.754. The fourth-order valence-electron chi connectivity index (χ4n) is 1.76. The summed E-state index contributed by atoms with van der Waals surface area (Å²) in [5, 5.41) is 4.87. The molecule has 0 aliphatic heterocycles. The smallest absolute Gasteiger partial charge is 0.0407 e. The van der Waals surface area contributed by atoms with Gasteiger partial charge < -0.3 is 10.2 Å². The lowest BCUT2D eigenvalue weighted by atomic mass is 10.3. The third kappa shape index (κ3) is 4.34. The third-order valence-electron chi connectivity index (χ3n) is 2.89. The minimum atomic E-state index is 0.754. The van der Waals surface area contributed by atoms with Crippen molar-refractivity contribution >= 4 is 34.6 Å². The second-order valence-electron chi connectivity index (χ2n) is 4.33. The van der Waals surface area contributed by atoms with Crippen LogP contribution in [0.5, 0.6) is 0 Å². The monoisotopic (exact) mass is 294 g/mol. The van der Waals surface area contributed by atoms with Crippen molar-refractivity contribution in [3.63, 3.8) is 0 Å². The number of anilines is 2. The first kappa shape index (κ1) is 14.0. The van der Waals surface area contributed by atoms with Crippen LogP contribution in [0.4, 0.5) is 11.4 Å². The predicted octanol–water partition coefficient (Wildman–Crippen LogP) is 4.54. The molecule has 2 rings (SSSR count). The second-order valence-corrected chi connectivity index (χ2v) is 5.20. The lowest BCUT2D eigenvalue weighted by Gasteiger charge is -2.20. The van der Waals surface area contributed by atoms with Crippen LogP contribution in [0.25, 0.3) is 0 Å². The maximum absolute atomic E-state index is 5.87. The Morgan fingerprint density at radius 2 is 1.42 bits per heavy atom. The third-order valence-corrected chi connectivity index (χ3v) is 3.39. The molecule has 2 nitrogen and oxygen atoms in total. The van der Waals surface area contributed by atoms with E-state index in [9.17, 15) is 0 Å². The normalized spacial score (nSPS) is 10.3. The van der Waals surface area contributed by atoms with Crippen LogP contribution in [0.15, 0.2) is 48.5 Å². The zero-order valence-electron chi connectivity index (χ0n) is 10.7. The molecule has 2 aromatic rings. The molecule has 0 amide bonds. The Balaban J connectivity index is 1.82. The largest absolute Gasteiger partial charge is 0.383 e. The van der Waals surface area contributed by atoms with E-state index < -0.39 is 0 Å². The highest BCUT2D eigenvalue weighted by molar-refractivity contribution is 6.30. The van der Waals surface area contributed by atoms with Crippen LogP contribution in [0.3, 0.4) is 0 Å². The van der Waals surface area contributed by atoms with E-state index in [0.717, 1.165) is 34.5 Å². The van der Waals surface area contributed by atoms with Crippen LogP contribution in [-0.2, 0) is 0 Å². The van der Waals surface area contributed by atoms with E-state index in [-0.39, 0.29) is 0 Å². The molecule has 0 bridgehead atoms. The number of hydrogen-bond donors (Lipinski definition) is 1. The lowest BCUT2D eigenvalue weighted by Crippen LogP contribution is -2.24. The van der Waals surface area contributed by atoms with Gasteiger partial charge in [0.25, 0.3) is 0 Å². The zero-order chi connectivity index (χ0) is 13.7. The van der Waals surface area contributed by atoms with Crippen LogP contribution in [0.2, 0.25) is 10.0 Å². The van der Waals surface area contributed by atoms with Crippen LogP contribution >= 0.6 is 23.2 Å². The molecule has 0 fully saturated rings. The van der Waals surface area contributed by atoms with Gasteiger partial charge in [-0.15, -0.1) is 0 Å². The highest BCUT2D eigenvalue weighted by Crippen LogP contribution is 2.17. The molecular formula is C15H16Cl2N2. The molecule has 100 valence electrons. The van der Waals surface area contributed by atoms with Gasteiger partial charge in [0.05, 0.1) is 0 Å². The number of halogens is 2. The molecule has 0 spiro atoms. The van der Waals surface area contributed by atoms with E-state index in [1.54, 1.807) is 0 Å². The molecule has 0 aliphatic rings. The molecule has 0 aliphatic carbocycles. The van der Waals surface area contributed by atoms with Gasteiger partial charge in [0.2, 0.25) is 0 Å². The fraction of sp³-hybridized carbons (Fsp3) is 0.200. The summed E-state index contributed by atoms with van der Waals surface area (Å²) in [6.45, 7) is 1.77. The molecule has 0 saturated heterocycles. The number of likely N-dealkylation sites (N-methyl/N-ethyl adjacent to an activating group) is 1. The Hall–Kier alpha value is -1.38. The van der Waals surface area contributed by atoms with Crippen molar-refractivity contribution in [2.24, 2.45) is 0 Å². The average molecular weight is 295 g/mol. The van der Waals surface area contributed by atoms with Gasteiger partial charge in [-0.3, -0.25) is 0 Å². The van der Waals surface area contributed by atoms with Gasteiger partial charge in [-0.1, -0.05) is 23.2 Å². The SMILES string of the molecule is CN(CCNc1ccc(Cl)cc1)c1ccc(Cl)cc1. The summed E-state index contributed by atoms with van der Waals surface area (Å²) in [6.07, 6.45) is 0. The molecule has 0 saturated carbocycles. The molecular weight excluding hydrogens is 279 g/mol. The quantitative estimate of drug-likeness (QED) is 0.871. The van der Waals surface area contributed by atoms with E-state index in [4.69, 9.17) is 23.2 Å². The van der Waals surface area contributed by atoms with Crippen LogP contribution in [0.1, 0.15) is 0 Å². The maximum atomic E-state index is 5.87. The molecule has 0 aromatic heterocycles. The molecule has 4 heteroatoms. The standard InChI is InChI=1S/C15H16Cl2N2/c1-19(15-8-4-13(17)5-9-15)11-10-18-14-6-2-12(16)3-7-14/h2-9,18H,10-11H2,1H3. The molecule has 0 heterocycles. The molecule has 0 atom stereocenters. The van der Waals surface area contributed by atoms with Crippen molar-refractivity contribution in [2.45, 2.75) is 0 Å². The number of nitrogens with one attached hydrogen (secondary N) is 1. The van der Waals surface area contributed by atoms with Crippen molar-refractivity contribution in [3.05, 3.63) is 58.6 Å². The van der Waals surface area contributed by atoms with E-state index in [1.165, 1.54) is 0 Å². The van der Waals surface area contributed by atoms with Crippen LogP contribution in [0, 0.1) is 0 Å². The highest BCUT2D eigenvalue weighted by Gasteiger charge is 2.00. The van der Waals surface area contributed by atoms with Gasteiger partial charge >= 0.3 is 0 Å². The van der Waals surface area contributed by atoms with Crippen LogP contribution in [-0.4, -0.2) is 20.1 Å². The summed E-state index contributed by atoms with van der Waals surface area (Å²) in [6, 6.07) is 15.6. The fourth-order valence-corrected chi connectivity index (χ4v) is 2.01. The van der Waals surface area contributed by atoms with Gasteiger partial charge in [-0.05, 0) is 48.5 Å². The summed E-state index contributed by atoms with van der Waals surface area (Å²) >= 11 is 11.7. The van der Waals surface area contributed by atoms with Crippen molar-refractivity contribution < 1.29 is 0 Å². The summed E-state index contributed by atoms with van der Waals surface area (Å²) in [7, 11) is 2.06. The summed E-state index contributed by atoms with van der Waals surface area (Å²) in [4.78, 5) is 2.18. The summed E-state index contributed by atoms with van der Waals surface area (Å²) in [5.74, 6) is 0. The van der Waals surface area contributed by atoms with Crippen molar-refractivity contribution in [2.75, 3.05) is 30.4 Å². The molecule has 1 N–H and O–H groups in total. The average Bonchev–Trinajstić information content (AvgIpc) is 2.41. The number of rotatable bonds is 5. The Morgan fingerprint density at radius 1 is 0.895 bits per heavy atom. The van der Waals surface area contributed by atoms with Gasteiger partial charge in [0.1, 0.15) is 0 Å². The summed E-state index contributed by atoms with van der Waals surface area (Å²) in [5.41, 5.74) is 2.23. The van der Waals surface area contributed by atoms with E-state index in [2.05, 4.69) is 17.3 Å². The van der Waals surface area contributed by atoms with E-state index in [1.807, 2.05) is 48.5 Å². The predicted molar refractivity (Wildman–Crippen MR) is 84.7 cm³/mol. The van der Waals surface area contributed by atoms with Crippen molar-refractivity contribution in [3.8, 4) is 0 Å². The number of nitrogens with zero attached hydrogens (tertiary/aromatic N) is 1. The summed E-state index contributed by atoms with van der Waals surface area (Å²) < 4.78 is 0. The van der Waals surface area contributed by atoms with E-state index >= 15 is 0 Å². The molecule has 19 heavy (non-hydrogen) atoms. The van der Waals surface area contributed by atoms with Gasteiger partial charge in [0, 0.05) is 41.6 Å². The van der Waals surface area contributed by atoms with E-state index in [0.29, 0.717) is 0 Å². The second kappa shape index (κ2) is 6.69. The van der Waals surface area contributed by atoms with Crippen molar-refractivity contribution in [1.29, 1.82) is 0 Å². The molecule has 0 radical (unpaired) electrons. The maximum Gasteiger partial charge on any atom is 0.0407 e. The molecule has 2 aromatic carbocycles. The number of benzene rings is 2. The Morgan fingerprint density at radius 3 is 2.00 bits per heavy atom. The Kier molecular flexibility index (Phi) is 4.94. The lowest BCUT2D eigenvalue weighted by molar-refractivity contribution is 0.915. The first-order chi connectivity index (χ1) is 9.15.